The molecule has 29 heavy (non-hydrogen) atoms. The molecule has 7 heteroatoms. The average Bonchev–Trinajstić information content (AvgIpc) is 3.43. The number of aromatic nitrogens is 1. The lowest BCUT2D eigenvalue weighted by molar-refractivity contribution is -0.118. The van der Waals surface area contributed by atoms with Crippen LogP contribution in [0, 0.1) is 0 Å². The zero-order chi connectivity index (χ0) is 20.4. The van der Waals surface area contributed by atoms with Gasteiger partial charge in [0.2, 0.25) is 5.91 Å². The third-order valence-corrected chi connectivity index (χ3v) is 5.10. The van der Waals surface area contributed by atoms with E-state index in [0.717, 1.165) is 11.3 Å². The topological polar surface area (TPSA) is 90.7 Å². The van der Waals surface area contributed by atoms with Crippen LogP contribution in [0.5, 0.6) is 5.75 Å². The molecule has 1 saturated carbocycles. The van der Waals surface area contributed by atoms with Crippen molar-refractivity contribution in [1.82, 2.24) is 5.16 Å². The summed E-state index contributed by atoms with van der Waals surface area (Å²) in [5.41, 5.74) is 1.77. The lowest BCUT2D eigenvalue weighted by atomic mass is 10.00. The highest BCUT2D eigenvalue weighted by Gasteiger charge is 2.53. The van der Waals surface area contributed by atoms with Gasteiger partial charge in [0.25, 0.3) is 0 Å². The van der Waals surface area contributed by atoms with Gasteiger partial charge in [0, 0.05) is 17.3 Å². The molecule has 1 fully saturated rings. The zero-order valence-corrected chi connectivity index (χ0v) is 16.1. The van der Waals surface area contributed by atoms with Gasteiger partial charge in [0.15, 0.2) is 5.76 Å². The molecule has 1 amide bonds. The molecule has 3 aromatic rings. The number of hydrogen-bond donors (Lipinski definition) is 1. The molecule has 1 N–H and O–H groups in total. The quantitative estimate of drug-likeness (QED) is 0.642. The van der Waals surface area contributed by atoms with E-state index in [1.165, 1.54) is 7.11 Å². The van der Waals surface area contributed by atoms with Crippen molar-refractivity contribution in [1.29, 1.82) is 0 Å². The fraction of sp³-hybridized carbons (Fsp3) is 0.227. The molecule has 0 radical (unpaired) electrons. The van der Waals surface area contributed by atoms with Crippen molar-refractivity contribution in [2.75, 3.05) is 19.5 Å². The minimum absolute atomic E-state index is 0.145. The van der Waals surface area contributed by atoms with E-state index in [1.54, 1.807) is 31.4 Å². The Kier molecular flexibility index (Phi) is 4.80. The molecule has 0 spiro atoms. The normalized spacial score (nSPS) is 14.1. The summed E-state index contributed by atoms with van der Waals surface area (Å²) < 4.78 is 15.4. The molecule has 0 bridgehead atoms. The number of amides is 1. The van der Waals surface area contributed by atoms with Crippen LogP contribution in [0.3, 0.4) is 0 Å². The summed E-state index contributed by atoms with van der Waals surface area (Å²) in [6.45, 7) is 0. The number of ether oxygens (including phenoxy) is 2. The summed E-state index contributed by atoms with van der Waals surface area (Å²) in [5.74, 6) is 0.734. The van der Waals surface area contributed by atoms with Crippen LogP contribution >= 0.6 is 0 Å². The average molecular weight is 392 g/mol. The fourth-order valence-corrected chi connectivity index (χ4v) is 3.20. The molecular formula is C22H20N2O5. The maximum atomic E-state index is 12.9. The first kappa shape index (κ1) is 18.7. The summed E-state index contributed by atoms with van der Waals surface area (Å²) in [4.78, 5) is 24.4. The Morgan fingerprint density at radius 2 is 1.83 bits per heavy atom. The van der Waals surface area contributed by atoms with Crippen LogP contribution in [0.2, 0.25) is 0 Å². The molecule has 1 aliphatic rings. The SMILES string of the molecule is COC(=O)c1ccc(NC(=O)C2(c3cc(-c4cccc(OC)c4)on3)CC2)cc1. The van der Waals surface area contributed by atoms with Crippen molar-refractivity contribution in [2.45, 2.75) is 18.3 Å². The van der Waals surface area contributed by atoms with Gasteiger partial charge in [-0.3, -0.25) is 4.79 Å². The van der Waals surface area contributed by atoms with Gasteiger partial charge in [0.05, 0.1) is 30.9 Å². The number of esters is 1. The minimum atomic E-state index is -0.693. The summed E-state index contributed by atoms with van der Waals surface area (Å²) in [6, 6.07) is 15.8. The Hall–Kier alpha value is -3.61. The second-order valence-corrected chi connectivity index (χ2v) is 6.91. The first-order valence-corrected chi connectivity index (χ1v) is 9.17. The van der Waals surface area contributed by atoms with Crippen LogP contribution in [-0.2, 0) is 14.9 Å². The van der Waals surface area contributed by atoms with E-state index in [1.807, 2.05) is 30.3 Å². The van der Waals surface area contributed by atoms with E-state index < -0.39 is 11.4 Å². The Morgan fingerprint density at radius 3 is 2.48 bits per heavy atom. The largest absolute Gasteiger partial charge is 0.497 e. The minimum Gasteiger partial charge on any atom is -0.497 e. The van der Waals surface area contributed by atoms with Crippen LogP contribution in [0.4, 0.5) is 5.69 Å². The van der Waals surface area contributed by atoms with Gasteiger partial charge in [-0.1, -0.05) is 17.3 Å². The molecule has 2 aromatic carbocycles. The number of nitrogens with zero attached hydrogens (tertiary/aromatic N) is 1. The highest BCUT2D eigenvalue weighted by molar-refractivity contribution is 6.01. The van der Waals surface area contributed by atoms with Crippen molar-refractivity contribution >= 4 is 17.6 Å². The van der Waals surface area contributed by atoms with Crippen LogP contribution in [0.25, 0.3) is 11.3 Å². The Balaban J connectivity index is 1.51. The smallest absolute Gasteiger partial charge is 0.337 e. The summed E-state index contributed by atoms with van der Waals surface area (Å²) in [5, 5.41) is 7.06. The highest BCUT2D eigenvalue weighted by Crippen LogP contribution is 2.49. The van der Waals surface area contributed by atoms with E-state index >= 15 is 0 Å². The molecule has 0 aliphatic heterocycles. The molecule has 1 aromatic heterocycles. The second-order valence-electron chi connectivity index (χ2n) is 6.91. The number of nitrogens with one attached hydrogen (secondary N) is 1. The number of hydrogen-bond acceptors (Lipinski definition) is 6. The molecule has 1 heterocycles. The van der Waals surface area contributed by atoms with Gasteiger partial charge in [-0.15, -0.1) is 0 Å². The van der Waals surface area contributed by atoms with Crippen LogP contribution in [-0.4, -0.2) is 31.3 Å². The number of anilines is 1. The number of carbonyl (C=O) groups is 2. The predicted molar refractivity (Wildman–Crippen MR) is 106 cm³/mol. The van der Waals surface area contributed by atoms with Crippen molar-refractivity contribution < 1.29 is 23.6 Å². The molecule has 4 rings (SSSR count). The highest BCUT2D eigenvalue weighted by atomic mass is 16.5. The van der Waals surface area contributed by atoms with Gasteiger partial charge >= 0.3 is 5.97 Å². The van der Waals surface area contributed by atoms with E-state index in [2.05, 4.69) is 15.2 Å². The van der Waals surface area contributed by atoms with Crippen molar-refractivity contribution in [3.05, 3.63) is 65.9 Å². The third kappa shape index (κ3) is 3.59. The molecule has 0 atom stereocenters. The van der Waals surface area contributed by atoms with Crippen LogP contribution in [0.1, 0.15) is 28.9 Å². The molecule has 148 valence electrons. The fourth-order valence-electron chi connectivity index (χ4n) is 3.20. The number of carbonyl (C=O) groups excluding carboxylic acids is 2. The van der Waals surface area contributed by atoms with Crippen molar-refractivity contribution in [3.63, 3.8) is 0 Å². The van der Waals surface area contributed by atoms with Gasteiger partial charge in [0.1, 0.15) is 5.75 Å². The van der Waals surface area contributed by atoms with E-state index in [4.69, 9.17) is 9.26 Å². The van der Waals surface area contributed by atoms with Crippen molar-refractivity contribution in [2.24, 2.45) is 0 Å². The first-order valence-electron chi connectivity index (χ1n) is 9.17. The summed E-state index contributed by atoms with van der Waals surface area (Å²) in [7, 11) is 2.93. The Labute approximate surface area is 167 Å². The number of methoxy groups -OCH3 is 2. The molecule has 0 unspecified atom stereocenters. The van der Waals surface area contributed by atoms with E-state index in [-0.39, 0.29) is 5.91 Å². The monoisotopic (exact) mass is 392 g/mol. The maximum Gasteiger partial charge on any atom is 0.337 e. The lowest BCUT2D eigenvalue weighted by Gasteiger charge is -2.12. The summed E-state index contributed by atoms with van der Waals surface area (Å²) >= 11 is 0. The van der Waals surface area contributed by atoms with E-state index in [0.29, 0.717) is 35.5 Å². The number of benzene rings is 2. The Bertz CT molecular complexity index is 1050. The second kappa shape index (κ2) is 7.43. The van der Waals surface area contributed by atoms with E-state index in [9.17, 15) is 9.59 Å². The van der Waals surface area contributed by atoms with Crippen molar-refractivity contribution in [3.8, 4) is 17.1 Å². The molecule has 1 aliphatic carbocycles. The van der Waals surface area contributed by atoms with Gasteiger partial charge in [-0.05, 0) is 49.2 Å². The molecule has 0 saturated heterocycles. The molecular weight excluding hydrogens is 372 g/mol. The first-order chi connectivity index (χ1) is 14.1. The number of rotatable bonds is 6. The maximum absolute atomic E-state index is 12.9. The van der Waals surface area contributed by atoms with Crippen LogP contribution in [0.15, 0.2) is 59.1 Å². The summed E-state index contributed by atoms with van der Waals surface area (Å²) in [6.07, 6.45) is 1.40. The van der Waals surface area contributed by atoms with Gasteiger partial charge < -0.3 is 19.3 Å². The Morgan fingerprint density at radius 1 is 1.07 bits per heavy atom. The zero-order valence-electron chi connectivity index (χ0n) is 16.1. The van der Waals surface area contributed by atoms with Gasteiger partial charge in [-0.25, -0.2) is 4.79 Å². The van der Waals surface area contributed by atoms with Gasteiger partial charge in [-0.2, -0.15) is 0 Å². The third-order valence-electron chi connectivity index (χ3n) is 5.10. The van der Waals surface area contributed by atoms with Crippen LogP contribution < -0.4 is 10.1 Å². The predicted octanol–water partition coefficient (Wildman–Crippen LogP) is 3.81. The lowest BCUT2D eigenvalue weighted by Crippen LogP contribution is -2.28. The molecule has 7 nitrogen and oxygen atoms in total. The standard InChI is InChI=1S/C22H20N2O5/c1-27-17-5-3-4-15(12-17)18-13-19(24-29-18)22(10-11-22)21(26)23-16-8-6-14(7-9-16)20(25)28-2/h3-9,12-13H,10-11H2,1-2H3,(H,23,26).